The summed E-state index contributed by atoms with van der Waals surface area (Å²) >= 11 is 4.37. The maximum absolute atomic E-state index is 11.9. The van der Waals surface area contributed by atoms with E-state index in [1.165, 1.54) is 23.1 Å². The molecule has 0 radical (unpaired) electrons. The third-order valence-electron chi connectivity index (χ3n) is 3.29. The number of nitrogens with one attached hydrogen (secondary N) is 1. The number of para-hydroxylation sites is 1. The molecule has 3 aromatic heterocycles. The number of rotatable bonds is 6. The lowest BCUT2D eigenvalue weighted by molar-refractivity contribution is -0.118. The topological polar surface area (TPSA) is 80.9 Å². The minimum atomic E-state index is -0.0712. The largest absolute Gasteiger partial charge is 0.457 e. The van der Waals surface area contributed by atoms with Gasteiger partial charge in [0, 0.05) is 0 Å². The third-order valence-corrected chi connectivity index (χ3v) is 6.20. The Kier molecular flexibility index (Phi) is 4.77. The van der Waals surface area contributed by atoms with E-state index in [9.17, 15) is 4.79 Å². The first-order valence-electron chi connectivity index (χ1n) is 7.38. The standard InChI is InChI=1S/C16H12N4O2S3/c21-14(8-23-16-20-18-9-24-16)17-7-10-5-6-12(22-10)15-19-11-3-1-2-4-13(11)25-15/h1-6,9H,7-8H2,(H,17,21). The summed E-state index contributed by atoms with van der Waals surface area (Å²) in [4.78, 5) is 16.5. The number of fused-ring (bicyclic) bond motifs is 1. The van der Waals surface area contributed by atoms with Crippen molar-refractivity contribution < 1.29 is 9.21 Å². The number of hydrogen-bond acceptors (Lipinski definition) is 8. The zero-order valence-corrected chi connectivity index (χ0v) is 15.3. The summed E-state index contributed by atoms with van der Waals surface area (Å²) in [5.74, 6) is 1.65. The Labute approximate surface area is 155 Å². The number of carbonyl (C=O) groups excluding carboxylic acids is 1. The first-order chi connectivity index (χ1) is 12.3. The van der Waals surface area contributed by atoms with Crippen molar-refractivity contribution in [2.75, 3.05) is 5.75 Å². The number of benzene rings is 1. The molecule has 0 spiro atoms. The van der Waals surface area contributed by atoms with Gasteiger partial charge in [0.25, 0.3) is 0 Å². The number of carbonyl (C=O) groups is 1. The summed E-state index contributed by atoms with van der Waals surface area (Å²) in [6.07, 6.45) is 0. The molecule has 126 valence electrons. The van der Waals surface area contributed by atoms with E-state index < -0.39 is 0 Å². The lowest BCUT2D eigenvalue weighted by Crippen LogP contribution is -2.24. The fraction of sp³-hybridized carbons (Fsp3) is 0.125. The number of thioether (sulfide) groups is 1. The quantitative estimate of drug-likeness (QED) is 0.506. The van der Waals surface area contributed by atoms with E-state index in [1.807, 2.05) is 36.4 Å². The molecule has 0 aliphatic carbocycles. The Morgan fingerprint density at radius 1 is 1.24 bits per heavy atom. The van der Waals surface area contributed by atoms with Crippen LogP contribution in [0.2, 0.25) is 0 Å². The zero-order valence-electron chi connectivity index (χ0n) is 12.8. The summed E-state index contributed by atoms with van der Waals surface area (Å²) in [7, 11) is 0. The highest BCUT2D eigenvalue weighted by Gasteiger charge is 2.11. The van der Waals surface area contributed by atoms with Crippen LogP contribution in [0.25, 0.3) is 21.0 Å². The van der Waals surface area contributed by atoms with Gasteiger partial charge in [-0.05, 0) is 24.3 Å². The van der Waals surface area contributed by atoms with Crippen molar-refractivity contribution in [2.24, 2.45) is 0 Å². The van der Waals surface area contributed by atoms with Gasteiger partial charge in [-0.3, -0.25) is 4.79 Å². The second-order valence-electron chi connectivity index (χ2n) is 5.02. The van der Waals surface area contributed by atoms with Crippen molar-refractivity contribution in [3.63, 3.8) is 0 Å². The molecule has 9 heteroatoms. The van der Waals surface area contributed by atoms with E-state index in [0.29, 0.717) is 23.8 Å². The molecule has 6 nitrogen and oxygen atoms in total. The first kappa shape index (κ1) is 16.2. The van der Waals surface area contributed by atoms with E-state index in [4.69, 9.17) is 4.42 Å². The van der Waals surface area contributed by atoms with Crippen LogP contribution in [-0.2, 0) is 11.3 Å². The fourth-order valence-corrected chi connectivity index (χ4v) is 4.40. The van der Waals surface area contributed by atoms with Gasteiger partial charge in [0.1, 0.15) is 11.3 Å². The second-order valence-corrected chi connectivity index (χ2v) is 8.11. The Hall–Kier alpha value is -2.23. The molecule has 1 amide bonds. The van der Waals surface area contributed by atoms with Crippen molar-refractivity contribution >= 4 is 50.6 Å². The predicted molar refractivity (Wildman–Crippen MR) is 99.8 cm³/mol. The SMILES string of the molecule is O=C(CSc1nncs1)NCc1ccc(-c2nc3ccccc3s2)o1. The lowest BCUT2D eigenvalue weighted by atomic mass is 10.3. The molecular formula is C16H12N4O2S3. The minimum absolute atomic E-state index is 0.0712. The summed E-state index contributed by atoms with van der Waals surface area (Å²) in [5, 5.41) is 11.3. The van der Waals surface area contributed by atoms with Gasteiger partial charge in [-0.2, -0.15) is 0 Å². The summed E-state index contributed by atoms with van der Waals surface area (Å²) in [5.41, 5.74) is 2.61. The molecule has 4 rings (SSSR count). The highest BCUT2D eigenvalue weighted by molar-refractivity contribution is 8.01. The van der Waals surface area contributed by atoms with Crippen molar-refractivity contribution in [3.05, 3.63) is 47.7 Å². The molecule has 4 aromatic rings. The zero-order chi connectivity index (χ0) is 17.1. The van der Waals surface area contributed by atoms with Gasteiger partial charge in [0.2, 0.25) is 5.91 Å². The van der Waals surface area contributed by atoms with Crippen LogP contribution in [0, 0.1) is 0 Å². The highest BCUT2D eigenvalue weighted by Crippen LogP contribution is 2.31. The molecule has 0 aliphatic rings. The van der Waals surface area contributed by atoms with Crippen LogP contribution in [0.1, 0.15) is 5.76 Å². The molecule has 0 saturated heterocycles. The van der Waals surface area contributed by atoms with Crippen LogP contribution >= 0.6 is 34.4 Å². The van der Waals surface area contributed by atoms with Gasteiger partial charge in [0.05, 0.1) is 22.5 Å². The van der Waals surface area contributed by atoms with Crippen LogP contribution in [-0.4, -0.2) is 26.8 Å². The fourth-order valence-electron chi connectivity index (χ4n) is 2.16. The van der Waals surface area contributed by atoms with Crippen LogP contribution in [0.3, 0.4) is 0 Å². The molecule has 3 heterocycles. The van der Waals surface area contributed by atoms with E-state index >= 15 is 0 Å². The highest BCUT2D eigenvalue weighted by atomic mass is 32.2. The van der Waals surface area contributed by atoms with Crippen LogP contribution in [0.4, 0.5) is 0 Å². The van der Waals surface area contributed by atoms with Gasteiger partial charge < -0.3 is 9.73 Å². The number of aromatic nitrogens is 3. The molecular weight excluding hydrogens is 376 g/mol. The van der Waals surface area contributed by atoms with Crippen molar-refractivity contribution in [3.8, 4) is 10.8 Å². The number of amides is 1. The molecule has 1 N–H and O–H groups in total. The van der Waals surface area contributed by atoms with E-state index in [1.54, 1.807) is 16.8 Å². The first-order valence-corrected chi connectivity index (χ1v) is 10.1. The lowest BCUT2D eigenvalue weighted by Gasteiger charge is -2.01. The van der Waals surface area contributed by atoms with E-state index in [-0.39, 0.29) is 5.91 Å². The molecule has 0 saturated carbocycles. The Morgan fingerprint density at radius 2 is 2.16 bits per heavy atom. The van der Waals surface area contributed by atoms with Crippen molar-refractivity contribution in [1.29, 1.82) is 0 Å². The van der Waals surface area contributed by atoms with Crippen LogP contribution < -0.4 is 5.32 Å². The summed E-state index contributed by atoms with van der Waals surface area (Å²) in [6, 6.07) is 11.7. The Bertz CT molecular complexity index is 961. The number of nitrogens with zero attached hydrogens (tertiary/aromatic N) is 3. The number of thiazole rings is 1. The Morgan fingerprint density at radius 3 is 3.00 bits per heavy atom. The van der Waals surface area contributed by atoms with Crippen LogP contribution in [0.15, 0.2) is 50.7 Å². The molecule has 1 aromatic carbocycles. The average Bonchev–Trinajstić information content (AvgIpc) is 3.38. The maximum atomic E-state index is 11.9. The van der Waals surface area contributed by atoms with Gasteiger partial charge in [-0.25, -0.2) is 4.98 Å². The van der Waals surface area contributed by atoms with Gasteiger partial charge in [-0.15, -0.1) is 21.5 Å². The van der Waals surface area contributed by atoms with Gasteiger partial charge in [-0.1, -0.05) is 35.2 Å². The summed E-state index contributed by atoms with van der Waals surface area (Å²) in [6.45, 7) is 0.348. The second kappa shape index (κ2) is 7.34. The van der Waals surface area contributed by atoms with Crippen LogP contribution in [0.5, 0.6) is 0 Å². The molecule has 25 heavy (non-hydrogen) atoms. The van der Waals surface area contributed by atoms with Gasteiger partial charge >= 0.3 is 0 Å². The summed E-state index contributed by atoms with van der Waals surface area (Å²) < 4.78 is 7.71. The maximum Gasteiger partial charge on any atom is 0.230 e. The average molecular weight is 388 g/mol. The van der Waals surface area contributed by atoms with Crippen molar-refractivity contribution in [1.82, 2.24) is 20.5 Å². The molecule has 0 fully saturated rings. The predicted octanol–water partition coefficient (Wildman–Crippen LogP) is 3.82. The van der Waals surface area contributed by atoms with Crippen molar-refractivity contribution in [2.45, 2.75) is 10.9 Å². The molecule has 0 aliphatic heterocycles. The molecule has 0 atom stereocenters. The van der Waals surface area contributed by atoms with E-state index in [2.05, 4.69) is 20.5 Å². The molecule has 0 unspecified atom stereocenters. The Balaban J connectivity index is 1.35. The monoisotopic (exact) mass is 388 g/mol. The smallest absolute Gasteiger partial charge is 0.230 e. The third kappa shape index (κ3) is 3.89. The minimum Gasteiger partial charge on any atom is -0.457 e. The van der Waals surface area contributed by atoms with Gasteiger partial charge in [0.15, 0.2) is 15.1 Å². The number of furan rings is 1. The normalized spacial score (nSPS) is 11.0. The van der Waals surface area contributed by atoms with E-state index in [0.717, 1.165) is 19.6 Å². The number of hydrogen-bond donors (Lipinski definition) is 1. The molecule has 0 bridgehead atoms.